The molecule has 1 unspecified atom stereocenters. The number of imide groups is 1. The summed E-state index contributed by atoms with van der Waals surface area (Å²) in [6.07, 6.45) is 7.85. The Morgan fingerprint density at radius 2 is 2.04 bits per heavy atom. The molecule has 1 aromatic carbocycles. The number of nitrogens with zero attached hydrogens (tertiary/aromatic N) is 2. The van der Waals surface area contributed by atoms with Crippen LogP contribution in [-0.2, 0) is 14.6 Å². The second-order valence-electron chi connectivity index (χ2n) is 5.87. The Bertz CT molecular complexity index is 1120. The normalized spacial score (nSPS) is 16.5. The molecule has 2 aromatic rings. The molecule has 1 aliphatic carbocycles. The molecular formula is C17H15N3O4S3. The lowest BCUT2D eigenvalue weighted by atomic mass is 9.99. The average molecular weight is 422 g/mol. The van der Waals surface area contributed by atoms with Gasteiger partial charge in [0.2, 0.25) is 5.91 Å². The fourth-order valence-electron chi connectivity index (χ4n) is 2.40. The average Bonchev–Trinajstić information content (AvgIpc) is 3.01. The van der Waals surface area contributed by atoms with Crippen LogP contribution in [0.5, 0.6) is 0 Å². The summed E-state index contributed by atoms with van der Waals surface area (Å²) in [7, 11) is -1.97. The first-order valence-corrected chi connectivity index (χ1v) is 10.9. The highest BCUT2D eigenvalue weighted by molar-refractivity contribution is 7.90. The predicted octanol–water partition coefficient (Wildman–Crippen LogP) is 2.80. The van der Waals surface area contributed by atoms with Crippen molar-refractivity contribution in [2.24, 2.45) is 5.92 Å². The molecule has 3 rings (SSSR count). The van der Waals surface area contributed by atoms with Crippen molar-refractivity contribution in [3.8, 4) is 0 Å². The number of sulfone groups is 1. The van der Waals surface area contributed by atoms with Gasteiger partial charge in [-0.1, -0.05) is 41.8 Å². The number of allylic oxidation sites excluding steroid dienone is 3. The van der Waals surface area contributed by atoms with Crippen LogP contribution in [0, 0.1) is 5.92 Å². The summed E-state index contributed by atoms with van der Waals surface area (Å²) in [6.45, 7) is 0. The SMILES string of the molecule is CN(C(=O)Nc1nc2ccc(S(C)(=O)=O)cc2s1)C(=O)C1C=CC=CC1=S. The van der Waals surface area contributed by atoms with Crippen LogP contribution in [0.3, 0.4) is 0 Å². The van der Waals surface area contributed by atoms with Crippen LogP contribution in [0.15, 0.2) is 47.4 Å². The third kappa shape index (κ3) is 4.12. The van der Waals surface area contributed by atoms with E-state index in [9.17, 15) is 18.0 Å². The monoisotopic (exact) mass is 421 g/mol. The zero-order chi connectivity index (χ0) is 19.8. The number of nitrogens with one attached hydrogen (secondary N) is 1. The van der Waals surface area contributed by atoms with Crippen LogP contribution < -0.4 is 5.32 Å². The number of benzene rings is 1. The number of carbonyl (C=O) groups excluding carboxylic acids is 2. The van der Waals surface area contributed by atoms with E-state index in [0.717, 1.165) is 22.5 Å². The lowest BCUT2D eigenvalue weighted by molar-refractivity contribution is -0.127. The highest BCUT2D eigenvalue weighted by atomic mass is 32.2. The summed E-state index contributed by atoms with van der Waals surface area (Å²) >= 11 is 6.27. The Labute approximate surface area is 165 Å². The Hall–Kier alpha value is -2.43. The van der Waals surface area contributed by atoms with Crippen LogP contribution >= 0.6 is 23.6 Å². The molecule has 1 aliphatic rings. The molecule has 1 atom stereocenters. The van der Waals surface area contributed by atoms with E-state index in [1.807, 2.05) is 0 Å². The fraction of sp³-hybridized carbons (Fsp3) is 0.176. The largest absolute Gasteiger partial charge is 0.330 e. The summed E-state index contributed by atoms with van der Waals surface area (Å²) in [5.41, 5.74) is 0.554. The molecule has 0 spiro atoms. The summed E-state index contributed by atoms with van der Waals surface area (Å²) in [6, 6.07) is 3.89. The van der Waals surface area contributed by atoms with E-state index in [-0.39, 0.29) is 10.0 Å². The minimum absolute atomic E-state index is 0.175. The molecule has 27 heavy (non-hydrogen) atoms. The molecule has 7 nitrogen and oxygen atoms in total. The van der Waals surface area contributed by atoms with Crippen molar-refractivity contribution in [1.29, 1.82) is 0 Å². The van der Waals surface area contributed by atoms with Gasteiger partial charge in [-0.3, -0.25) is 15.0 Å². The van der Waals surface area contributed by atoms with E-state index < -0.39 is 27.7 Å². The Morgan fingerprint density at radius 3 is 2.70 bits per heavy atom. The van der Waals surface area contributed by atoms with Crippen molar-refractivity contribution in [3.63, 3.8) is 0 Å². The van der Waals surface area contributed by atoms with E-state index in [2.05, 4.69) is 10.3 Å². The number of thiazole rings is 1. The minimum Gasteiger partial charge on any atom is -0.283 e. The molecule has 3 amide bonds. The summed E-state index contributed by atoms with van der Waals surface area (Å²) in [5, 5.41) is 2.83. The van der Waals surface area contributed by atoms with Crippen LogP contribution in [0.1, 0.15) is 0 Å². The maximum Gasteiger partial charge on any atom is 0.330 e. The number of anilines is 1. The van der Waals surface area contributed by atoms with Crippen molar-refractivity contribution in [2.45, 2.75) is 4.90 Å². The summed E-state index contributed by atoms with van der Waals surface area (Å²) < 4.78 is 23.9. The molecule has 10 heteroatoms. The quantitative estimate of drug-likeness (QED) is 0.766. The molecule has 0 saturated heterocycles. The van der Waals surface area contributed by atoms with Gasteiger partial charge in [0.15, 0.2) is 15.0 Å². The zero-order valence-corrected chi connectivity index (χ0v) is 16.8. The van der Waals surface area contributed by atoms with Gasteiger partial charge >= 0.3 is 6.03 Å². The number of fused-ring (bicyclic) bond motifs is 1. The van der Waals surface area contributed by atoms with Crippen molar-refractivity contribution in [1.82, 2.24) is 9.88 Å². The van der Waals surface area contributed by atoms with Gasteiger partial charge < -0.3 is 0 Å². The molecule has 0 saturated carbocycles. The standard InChI is InChI=1S/C17H15N3O4S3/c1-20(15(21)11-5-3-4-6-13(11)25)17(22)19-16-18-12-8-7-10(27(2,23)24)9-14(12)26-16/h3-9,11H,1-2H3,(H,18,19,22). The van der Waals surface area contributed by atoms with Gasteiger partial charge in [-0.25, -0.2) is 18.2 Å². The van der Waals surface area contributed by atoms with Crippen LogP contribution in [0.25, 0.3) is 10.2 Å². The lowest BCUT2D eigenvalue weighted by Crippen LogP contribution is -2.41. The van der Waals surface area contributed by atoms with Crippen molar-refractivity contribution in [2.75, 3.05) is 18.6 Å². The third-order valence-corrected chi connectivity index (χ3v) is 6.32. The van der Waals surface area contributed by atoms with E-state index in [4.69, 9.17) is 12.2 Å². The highest BCUT2D eigenvalue weighted by Gasteiger charge is 2.27. The minimum atomic E-state index is -3.34. The van der Waals surface area contributed by atoms with Gasteiger partial charge in [-0.15, -0.1) is 0 Å². The van der Waals surface area contributed by atoms with E-state index in [1.54, 1.807) is 30.4 Å². The number of hydrogen-bond acceptors (Lipinski definition) is 7. The van der Waals surface area contributed by atoms with Gasteiger partial charge in [-0.2, -0.15) is 0 Å². The number of carbonyl (C=O) groups is 2. The number of rotatable bonds is 3. The first-order valence-electron chi connectivity index (χ1n) is 7.75. The first kappa shape index (κ1) is 19.3. The zero-order valence-electron chi connectivity index (χ0n) is 14.4. The Kier molecular flexibility index (Phi) is 5.22. The molecule has 0 aliphatic heterocycles. The lowest BCUT2D eigenvalue weighted by Gasteiger charge is -2.20. The molecule has 1 heterocycles. The van der Waals surface area contributed by atoms with Gasteiger partial charge in [0.25, 0.3) is 0 Å². The Morgan fingerprint density at radius 1 is 1.30 bits per heavy atom. The molecule has 0 fully saturated rings. The fourth-order valence-corrected chi connectivity index (χ4v) is 4.28. The topological polar surface area (TPSA) is 96.4 Å². The maximum absolute atomic E-state index is 12.5. The maximum atomic E-state index is 12.5. The summed E-state index contributed by atoms with van der Waals surface area (Å²) in [5.74, 6) is -1.10. The number of thiocarbonyl (C=S) groups is 1. The smallest absolute Gasteiger partial charge is 0.283 e. The molecule has 140 valence electrons. The highest BCUT2D eigenvalue weighted by Crippen LogP contribution is 2.28. The molecule has 1 aromatic heterocycles. The Balaban J connectivity index is 1.77. The van der Waals surface area contributed by atoms with Crippen molar-refractivity contribution < 1.29 is 18.0 Å². The van der Waals surface area contributed by atoms with E-state index in [0.29, 0.717) is 15.1 Å². The summed E-state index contributed by atoms with van der Waals surface area (Å²) in [4.78, 5) is 30.7. The second-order valence-corrected chi connectivity index (χ2v) is 9.39. The van der Waals surface area contributed by atoms with Gasteiger partial charge in [-0.05, 0) is 24.3 Å². The van der Waals surface area contributed by atoms with Crippen LogP contribution in [-0.4, -0.2) is 48.4 Å². The molecule has 1 N–H and O–H groups in total. The van der Waals surface area contributed by atoms with Gasteiger partial charge in [0, 0.05) is 18.2 Å². The first-order chi connectivity index (χ1) is 12.7. The van der Waals surface area contributed by atoms with Crippen molar-refractivity contribution >= 4 is 65.5 Å². The van der Waals surface area contributed by atoms with Crippen LogP contribution in [0.2, 0.25) is 0 Å². The predicted molar refractivity (Wildman–Crippen MR) is 109 cm³/mol. The van der Waals surface area contributed by atoms with Crippen LogP contribution in [0.4, 0.5) is 9.93 Å². The number of amides is 3. The molecule has 0 bridgehead atoms. The number of hydrogen-bond donors (Lipinski definition) is 1. The van der Waals surface area contributed by atoms with Gasteiger partial charge in [0.1, 0.15) is 0 Å². The van der Waals surface area contributed by atoms with Crippen molar-refractivity contribution in [3.05, 3.63) is 42.5 Å². The van der Waals surface area contributed by atoms with E-state index >= 15 is 0 Å². The van der Waals surface area contributed by atoms with Gasteiger partial charge in [0.05, 0.1) is 21.0 Å². The molecular weight excluding hydrogens is 406 g/mol. The molecule has 0 radical (unpaired) electrons. The third-order valence-electron chi connectivity index (χ3n) is 3.88. The van der Waals surface area contributed by atoms with E-state index in [1.165, 1.54) is 19.2 Å². The number of urea groups is 1. The number of aromatic nitrogens is 1. The second kappa shape index (κ2) is 7.29.